The number of imidazole rings is 1. The monoisotopic (exact) mass is 931 g/mol. The van der Waals surface area contributed by atoms with Crippen LogP contribution in [0.4, 0.5) is 9.18 Å². The lowest BCUT2D eigenvalue weighted by molar-refractivity contribution is -0.141. The van der Waals surface area contributed by atoms with Gasteiger partial charge in [-0.3, -0.25) is 23.7 Å². The summed E-state index contributed by atoms with van der Waals surface area (Å²) in [4.78, 5) is 67.9. The van der Waals surface area contributed by atoms with Crippen molar-refractivity contribution in [3.8, 4) is 16.6 Å². The van der Waals surface area contributed by atoms with Crippen LogP contribution in [0.5, 0.6) is 6.01 Å². The number of carbonyl (C=O) groups is 4. The van der Waals surface area contributed by atoms with Crippen LogP contribution < -0.4 is 20.1 Å². The molecule has 65 heavy (non-hydrogen) atoms. The summed E-state index contributed by atoms with van der Waals surface area (Å²) in [5.74, 6) is -2.74. The fourth-order valence-electron chi connectivity index (χ4n) is 8.74. The molecule has 2 saturated carbocycles. The summed E-state index contributed by atoms with van der Waals surface area (Å²) >= 11 is 1.43. The topological polar surface area (TPSA) is 191 Å². The molecule has 4 heterocycles. The maximum absolute atomic E-state index is 14.8. The van der Waals surface area contributed by atoms with E-state index < -0.39 is 73.8 Å². The third-order valence-electron chi connectivity index (χ3n) is 12.8. The lowest BCUT2D eigenvalue weighted by Crippen LogP contribution is -2.58. The number of fused-ring (bicyclic) bond motifs is 3. The van der Waals surface area contributed by atoms with E-state index in [1.54, 1.807) is 45.9 Å². The van der Waals surface area contributed by atoms with Crippen LogP contribution >= 0.6 is 11.3 Å². The molecular formula is C47H58FN7O8S2. The van der Waals surface area contributed by atoms with Crippen LogP contribution in [0.15, 0.2) is 60.0 Å². The fraction of sp³-hybridized carbons (Fsp3) is 0.532. The molecule has 2 aliphatic heterocycles. The number of allylic oxidation sites excluding steroid dienone is 1. The standard InChI is InChI=1S/C47H58FN7O8S2/c1-28(2)55-36-20-14-17-33(40-49-31(27-64-40)23-29-15-12-13-18-34(29)48)38(36)51-43(55)62-32-24-37-39(56)52-47(42(58)53-65(60,61)46(6)21-22-46)25-30(47)16-10-8-7-9-11-19-35(41(57)54(37)26-32)50-44(59)63-45(3,4)5/h10,12-18,20,27-28,30,32,35,37H,7-9,11,19,21-26H2,1-6H3,(H,50,59)(H,52,56)(H,53,58)/b16-10-/t30-,32+,35-,37-,47+/m0/s1. The van der Waals surface area contributed by atoms with Crippen LogP contribution in [0.3, 0.4) is 0 Å². The van der Waals surface area contributed by atoms with Gasteiger partial charge in [0.1, 0.15) is 45.7 Å². The van der Waals surface area contributed by atoms with E-state index in [1.165, 1.54) is 22.3 Å². The van der Waals surface area contributed by atoms with Crippen molar-refractivity contribution >= 4 is 56.2 Å². The van der Waals surface area contributed by atoms with Gasteiger partial charge in [0, 0.05) is 35.7 Å². The molecule has 4 amide bonds. The van der Waals surface area contributed by atoms with Crippen LogP contribution in [0.1, 0.15) is 117 Å². The highest BCUT2D eigenvalue weighted by Gasteiger charge is 2.63. The Hall–Kier alpha value is -5.36. The molecule has 18 heteroatoms. The first-order valence-electron chi connectivity index (χ1n) is 22.5. The molecule has 4 aromatic rings. The molecule has 2 aromatic carbocycles. The number of ether oxygens (including phenoxy) is 2. The van der Waals surface area contributed by atoms with E-state index >= 15 is 0 Å². The molecule has 0 spiro atoms. The molecule has 0 radical (unpaired) electrons. The molecule has 3 N–H and O–H groups in total. The SMILES string of the molecule is CC(C)n1c(O[C@@H]2C[C@H]3C(=O)N[C@]4(C(=O)NS(=O)(=O)C5(C)CC5)C[C@@H]4/C=C\CCCCC[C@H](NC(=O)OC(C)(C)C)C(=O)N3C2)nc2c(-c3nc(Cc4ccccc4F)cs3)cccc21. The molecule has 0 bridgehead atoms. The Bertz CT molecular complexity index is 2630. The molecule has 8 rings (SSSR count). The summed E-state index contributed by atoms with van der Waals surface area (Å²) in [5, 5.41) is 8.29. The number of aromatic nitrogens is 3. The summed E-state index contributed by atoms with van der Waals surface area (Å²) in [5.41, 5.74) is 1.04. The molecule has 2 aromatic heterocycles. The molecule has 0 unspecified atom stereocenters. The summed E-state index contributed by atoms with van der Waals surface area (Å²) < 4.78 is 56.5. The highest BCUT2D eigenvalue weighted by atomic mass is 32.2. The van der Waals surface area contributed by atoms with Gasteiger partial charge in [-0.25, -0.2) is 22.6 Å². The molecule has 3 fully saturated rings. The number of nitrogens with one attached hydrogen (secondary N) is 3. The quantitative estimate of drug-likeness (QED) is 0.138. The van der Waals surface area contributed by atoms with E-state index in [0.717, 1.165) is 29.6 Å². The number of thiazole rings is 1. The van der Waals surface area contributed by atoms with Crippen molar-refractivity contribution in [3.63, 3.8) is 0 Å². The van der Waals surface area contributed by atoms with Gasteiger partial charge in [0.15, 0.2) is 0 Å². The van der Waals surface area contributed by atoms with E-state index in [4.69, 9.17) is 19.4 Å². The van der Waals surface area contributed by atoms with E-state index in [2.05, 4.69) is 15.4 Å². The van der Waals surface area contributed by atoms with Gasteiger partial charge in [-0.2, -0.15) is 4.98 Å². The molecule has 5 atom stereocenters. The molecule has 4 aliphatic rings. The number of sulfonamides is 1. The van der Waals surface area contributed by atoms with Crippen molar-refractivity contribution in [2.45, 2.75) is 146 Å². The number of benzene rings is 2. The minimum Gasteiger partial charge on any atom is -0.459 e. The van der Waals surface area contributed by atoms with Crippen molar-refractivity contribution < 1.29 is 41.5 Å². The van der Waals surface area contributed by atoms with Gasteiger partial charge in [0.05, 0.1) is 22.5 Å². The van der Waals surface area contributed by atoms with E-state index in [0.29, 0.717) is 48.2 Å². The third kappa shape index (κ3) is 9.79. The predicted octanol–water partition coefficient (Wildman–Crippen LogP) is 7.11. The Morgan fingerprint density at radius 1 is 1.06 bits per heavy atom. The van der Waals surface area contributed by atoms with Crippen LogP contribution in [0.2, 0.25) is 0 Å². The van der Waals surface area contributed by atoms with Crippen LogP contribution in [0.25, 0.3) is 21.6 Å². The Morgan fingerprint density at radius 2 is 1.83 bits per heavy atom. The van der Waals surface area contributed by atoms with Crippen molar-refractivity contribution in [1.82, 2.24) is 34.8 Å². The van der Waals surface area contributed by atoms with Gasteiger partial charge in [0.25, 0.3) is 11.9 Å². The second-order valence-corrected chi connectivity index (χ2v) is 22.4. The normalized spacial score (nSPS) is 25.1. The fourth-order valence-corrected chi connectivity index (χ4v) is 10.9. The second kappa shape index (κ2) is 17.8. The largest absolute Gasteiger partial charge is 0.459 e. The second-order valence-electron chi connectivity index (χ2n) is 19.3. The van der Waals surface area contributed by atoms with Crippen LogP contribution in [-0.4, -0.2) is 92.3 Å². The average Bonchev–Trinajstić information content (AvgIpc) is 3.92. The number of para-hydroxylation sites is 1. The zero-order valence-corrected chi connectivity index (χ0v) is 39.3. The lowest BCUT2D eigenvalue weighted by atomic mass is 10.0. The zero-order chi connectivity index (χ0) is 46.5. The zero-order valence-electron chi connectivity index (χ0n) is 37.7. The summed E-state index contributed by atoms with van der Waals surface area (Å²) in [6.45, 7) is 10.7. The van der Waals surface area contributed by atoms with Gasteiger partial charge in [-0.05, 0) is 104 Å². The Morgan fingerprint density at radius 3 is 2.55 bits per heavy atom. The first kappa shape index (κ1) is 46.2. The first-order valence-corrected chi connectivity index (χ1v) is 24.8. The summed E-state index contributed by atoms with van der Waals surface area (Å²) in [7, 11) is -4.03. The smallest absolute Gasteiger partial charge is 0.408 e. The highest BCUT2D eigenvalue weighted by molar-refractivity contribution is 7.91. The van der Waals surface area contributed by atoms with Gasteiger partial charge in [-0.15, -0.1) is 11.3 Å². The van der Waals surface area contributed by atoms with Crippen molar-refractivity contribution in [3.05, 3.63) is 77.1 Å². The Labute approximate surface area is 383 Å². The highest BCUT2D eigenvalue weighted by Crippen LogP contribution is 2.48. The number of alkyl carbamates (subject to hydrolysis) is 1. The molecule has 348 valence electrons. The molecule has 1 saturated heterocycles. The molecule has 15 nitrogen and oxygen atoms in total. The molecular weight excluding hydrogens is 874 g/mol. The van der Waals surface area contributed by atoms with Crippen LogP contribution in [0, 0.1) is 11.7 Å². The molecule has 2 aliphatic carbocycles. The predicted molar refractivity (Wildman–Crippen MR) is 244 cm³/mol. The Balaban J connectivity index is 1.11. The summed E-state index contributed by atoms with van der Waals surface area (Å²) in [6, 6.07) is 10.3. The number of amides is 4. The third-order valence-corrected chi connectivity index (χ3v) is 15.8. The van der Waals surface area contributed by atoms with Crippen molar-refractivity contribution in [2.75, 3.05) is 6.54 Å². The maximum Gasteiger partial charge on any atom is 0.408 e. The number of halogens is 1. The number of hydrogen-bond donors (Lipinski definition) is 3. The van der Waals surface area contributed by atoms with E-state index in [9.17, 15) is 32.0 Å². The number of rotatable bonds is 10. The first-order chi connectivity index (χ1) is 30.8. The van der Waals surface area contributed by atoms with Gasteiger partial charge in [0.2, 0.25) is 21.8 Å². The number of carbonyl (C=O) groups excluding carboxylic acids is 4. The summed E-state index contributed by atoms with van der Waals surface area (Å²) in [6.07, 6.45) is 6.70. The van der Waals surface area contributed by atoms with Crippen molar-refractivity contribution in [2.24, 2.45) is 5.92 Å². The minimum atomic E-state index is -4.03. The average molecular weight is 932 g/mol. The minimum absolute atomic E-state index is 0.00531. The van der Waals surface area contributed by atoms with Crippen LogP contribution in [-0.2, 0) is 35.6 Å². The Kier molecular flexibility index (Phi) is 12.6. The maximum atomic E-state index is 14.8. The van der Waals surface area contributed by atoms with Gasteiger partial charge < -0.3 is 25.0 Å². The van der Waals surface area contributed by atoms with Crippen molar-refractivity contribution in [1.29, 1.82) is 0 Å². The van der Waals surface area contributed by atoms with E-state index in [-0.39, 0.29) is 43.7 Å². The lowest BCUT2D eigenvalue weighted by Gasteiger charge is -2.30. The number of hydrogen-bond acceptors (Lipinski definition) is 11. The number of nitrogens with zero attached hydrogens (tertiary/aromatic N) is 4. The van der Waals surface area contributed by atoms with Gasteiger partial charge in [-0.1, -0.05) is 49.3 Å². The van der Waals surface area contributed by atoms with E-state index in [1.807, 2.05) is 54.1 Å². The van der Waals surface area contributed by atoms with Gasteiger partial charge >= 0.3 is 6.09 Å².